The maximum absolute atomic E-state index is 12.1. The summed E-state index contributed by atoms with van der Waals surface area (Å²) >= 11 is 1.60. The van der Waals surface area contributed by atoms with E-state index >= 15 is 0 Å². The molecule has 0 aliphatic carbocycles. The lowest BCUT2D eigenvalue weighted by molar-refractivity contribution is -0.117. The van der Waals surface area contributed by atoms with Crippen LogP contribution in [0.1, 0.15) is 30.7 Å². The molecule has 2 aromatic rings. The molecule has 4 nitrogen and oxygen atoms in total. The summed E-state index contributed by atoms with van der Waals surface area (Å²) in [4.78, 5) is 17.4. The molecule has 1 aliphatic rings. The van der Waals surface area contributed by atoms with Crippen molar-refractivity contribution in [2.24, 2.45) is 0 Å². The second-order valence-corrected chi connectivity index (χ2v) is 7.27. The second kappa shape index (κ2) is 7.92. The molecule has 1 unspecified atom stereocenters. The average Bonchev–Trinajstić information content (AvgIpc) is 3.12. The highest BCUT2D eigenvalue weighted by atomic mass is 32.1. The second-order valence-electron chi connectivity index (χ2n) is 6.29. The number of nitrogens with zero attached hydrogens (tertiary/aromatic N) is 2. The van der Waals surface area contributed by atoms with E-state index in [1.165, 1.54) is 0 Å². The highest BCUT2D eigenvalue weighted by molar-refractivity contribution is 7.10. The first-order valence-electron chi connectivity index (χ1n) is 8.44. The standard InChI is InChI=1S/C19H24N2O2S/c1-15(22)21(16-6-3-2-4-7-16)17-9-11-20(12-10-17)14-18(23)19-8-5-13-24-19/h2-8,13,17-18,23H,9-12,14H2,1H3. The number of para-hydroxylation sites is 1. The number of hydrogen-bond donors (Lipinski definition) is 1. The van der Waals surface area contributed by atoms with Crippen LogP contribution < -0.4 is 4.90 Å². The number of amides is 1. The first kappa shape index (κ1) is 17.1. The van der Waals surface area contributed by atoms with Crippen molar-refractivity contribution in [1.82, 2.24) is 4.90 Å². The molecule has 0 bridgehead atoms. The fourth-order valence-electron chi connectivity index (χ4n) is 3.41. The minimum absolute atomic E-state index is 0.0956. The van der Waals surface area contributed by atoms with Crippen LogP contribution in [-0.4, -0.2) is 41.6 Å². The number of aliphatic hydroxyl groups excluding tert-OH is 1. The predicted octanol–water partition coefficient (Wildman–Crippen LogP) is 3.30. The van der Waals surface area contributed by atoms with Crippen molar-refractivity contribution in [3.05, 3.63) is 52.7 Å². The summed E-state index contributed by atoms with van der Waals surface area (Å²) in [6, 6.07) is 14.1. The Labute approximate surface area is 147 Å². The number of likely N-dealkylation sites (tertiary alicyclic amines) is 1. The summed E-state index contributed by atoms with van der Waals surface area (Å²) in [6.07, 6.45) is 1.46. The minimum Gasteiger partial charge on any atom is -0.386 e. The Hall–Kier alpha value is -1.69. The summed E-state index contributed by atoms with van der Waals surface area (Å²) in [7, 11) is 0. The molecule has 1 aromatic heterocycles. The summed E-state index contributed by atoms with van der Waals surface area (Å²) < 4.78 is 0. The molecule has 3 rings (SSSR count). The topological polar surface area (TPSA) is 43.8 Å². The molecule has 0 saturated carbocycles. The van der Waals surface area contributed by atoms with Gasteiger partial charge in [0, 0.05) is 43.2 Å². The van der Waals surface area contributed by atoms with Gasteiger partial charge in [-0.15, -0.1) is 11.3 Å². The Morgan fingerprint density at radius 1 is 1.25 bits per heavy atom. The third-order valence-corrected chi connectivity index (χ3v) is 5.57. The maximum Gasteiger partial charge on any atom is 0.224 e. The molecule has 1 atom stereocenters. The van der Waals surface area contributed by atoms with Gasteiger partial charge in [0.1, 0.15) is 6.10 Å². The summed E-state index contributed by atoms with van der Waals surface area (Å²) in [5.41, 5.74) is 0.974. The Balaban J connectivity index is 1.58. The molecule has 0 radical (unpaired) electrons. The summed E-state index contributed by atoms with van der Waals surface area (Å²) in [5.74, 6) is 0.0956. The number of benzene rings is 1. The van der Waals surface area contributed by atoms with Crippen LogP contribution in [0.25, 0.3) is 0 Å². The fourth-order valence-corrected chi connectivity index (χ4v) is 4.12. The van der Waals surface area contributed by atoms with E-state index in [0.29, 0.717) is 6.54 Å². The first-order valence-corrected chi connectivity index (χ1v) is 9.32. The molecule has 1 N–H and O–H groups in total. The average molecular weight is 344 g/mol. The maximum atomic E-state index is 12.1. The van der Waals surface area contributed by atoms with Crippen LogP contribution >= 0.6 is 11.3 Å². The highest BCUT2D eigenvalue weighted by Crippen LogP contribution is 2.26. The molecule has 0 spiro atoms. The first-order chi connectivity index (χ1) is 11.6. The van der Waals surface area contributed by atoms with E-state index in [2.05, 4.69) is 4.90 Å². The zero-order valence-corrected chi connectivity index (χ0v) is 14.8. The van der Waals surface area contributed by atoms with E-state index < -0.39 is 6.10 Å². The van der Waals surface area contributed by atoms with E-state index in [9.17, 15) is 9.90 Å². The van der Waals surface area contributed by atoms with Gasteiger partial charge in [0.15, 0.2) is 0 Å². The van der Waals surface area contributed by atoms with Crippen molar-refractivity contribution in [2.45, 2.75) is 31.9 Å². The molecule has 2 heterocycles. The normalized spacial score (nSPS) is 17.6. The van der Waals surface area contributed by atoms with Gasteiger partial charge in [-0.25, -0.2) is 0 Å². The van der Waals surface area contributed by atoms with Crippen molar-refractivity contribution in [1.29, 1.82) is 0 Å². The van der Waals surface area contributed by atoms with Crippen LogP contribution in [0.4, 0.5) is 5.69 Å². The Kier molecular flexibility index (Phi) is 5.66. The quantitative estimate of drug-likeness (QED) is 0.905. The Bertz CT molecular complexity index is 637. The SMILES string of the molecule is CC(=O)N(c1ccccc1)C1CCN(CC(O)c2cccs2)CC1. The number of piperidine rings is 1. The van der Waals surface area contributed by atoms with Crippen LogP contribution in [0.15, 0.2) is 47.8 Å². The highest BCUT2D eigenvalue weighted by Gasteiger charge is 2.28. The lowest BCUT2D eigenvalue weighted by atomic mass is 10.0. The van der Waals surface area contributed by atoms with Gasteiger partial charge in [-0.05, 0) is 36.4 Å². The molecule has 1 aromatic carbocycles. The van der Waals surface area contributed by atoms with Gasteiger partial charge >= 0.3 is 0 Å². The largest absolute Gasteiger partial charge is 0.386 e. The number of carbonyl (C=O) groups excluding carboxylic acids is 1. The Morgan fingerprint density at radius 3 is 2.54 bits per heavy atom. The summed E-state index contributed by atoms with van der Waals surface area (Å²) in [5, 5.41) is 12.3. The molecular formula is C19H24N2O2S. The molecular weight excluding hydrogens is 320 g/mol. The van der Waals surface area contributed by atoms with E-state index in [1.54, 1.807) is 18.3 Å². The van der Waals surface area contributed by atoms with Gasteiger partial charge in [-0.3, -0.25) is 4.79 Å². The van der Waals surface area contributed by atoms with Crippen LogP contribution in [0.3, 0.4) is 0 Å². The predicted molar refractivity (Wildman–Crippen MR) is 98.3 cm³/mol. The van der Waals surface area contributed by atoms with Gasteiger partial charge in [-0.1, -0.05) is 24.3 Å². The van der Waals surface area contributed by atoms with Gasteiger partial charge in [-0.2, -0.15) is 0 Å². The van der Waals surface area contributed by atoms with Crippen molar-refractivity contribution in [2.75, 3.05) is 24.5 Å². The van der Waals surface area contributed by atoms with Crippen molar-refractivity contribution in [3.63, 3.8) is 0 Å². The zero-order valence-electron chi connectivity index (χ0n) is 14.0. The third-order valence-electron chi connectivity index (χ3n) is 4.60. The van der Waals surface area contributed by atoms with E-state index in [1.807, 2.05) is 52.7 Å². The summed E-state index contributed by atoms with van der Waals surface area (Å²) in [6.45, 7) is 4.12. The van der Waals surface area contributed by atoms with Crippen molar-refractivity contribution >= 4 is 22.9 Å². The van der Waals surface area contributed by atoms with Gasteiger partial charge in [0.2, 0.25) is 5.91 Å². The number of thiophene rings is 1. The fraction of sp³-hybridized carbons (Fsp3) is 0.421. The van der Waals surface area contributed by atoms with Crippen molar-refractivity contribution in [3.8, 4) is 0 Å². The third kappa shape index (κ3) is 4.04. The number of rotatable bonds is 5. The molecule has 1 saturated heterocycles. The van der Waals surface area contributed by atoms with Crippen LogP contribution in [0.2, 0.25) is 0 Å². The van der Waals surface area contributed by atoms with Crippen LogP contribution in [0.5, 0.6) is 0 Å². The van der Waals surface area contributed by atoms with Gasteiger partial charge in [0.05, 0.1) is 0 Å². The minimum atomic E-state index is -0.417. The molecule has 1 fully saturated rings. The smallest absolute Gasteiger partial charge is 0.224 e. The molecule has 1 aliphatic heterocycles. The lowest BCUT2D eigenvalue weighted by Gasteiger charge is -2.38. The van der Waals surface area contributed by atoms with Crippen LogP contribution in [0, 0.1) is 0 Å². The number of aliphatic hydroxyl groups is 1. The zero-order chi connectivity index (χ0) is 16.9. The van der Waals surface area contributed by atoms with E-state index in [0.717, 1.165) is 36.5 Å². The van der Waals surface area contributed by atoms with Gasteiger partial charge in [0.25, 0.3) is 0 Å². The Morgan fingerprint density at radius 2 is 1.96 bits per heavy atom. The number of anilines is 1. The molecule has 1 amide bonds. The van der Waals surface area contributed by atoms with E-state index in [4.69, 9.17) is 0 Å². The molecule has 128 valence electrons. The van der Waals surface area contributed by atoms with E-state index in [-0.39, 0.29) is 11.9 Å². The monoisotopic (exact) mass is 344 g/mol. The number of carbonyl (C=O) groups is 1. The molecule has 5 heteroatoms. The molecule has 24 heavy (non-hydrogen) atoms. The number of β-amino-alcohol motifs (C(OH)–C–C–N with tert-alkyl or cyclic N) is 1. The number of hydrogen-bond acceptors (Lipinski definition) is 4. The van der Waals surface area contributed by atoms with Crippen molar-refractivity contribution < 1.29 is 9.90 Å². The van der Waals surface area contributed by atoms with Crippen LogP contribution in [-0.2, 0) is 4.79 Å². The lowest BCUT2D eigenvalue weighted by Crippen LogP contribution is -2.47. The van der Waals surface area contributed by atoms with Gasteiger partial charge < -0.3 is 14.9 Å².